The molecule has 0 fully saturated rings. The van der Waals surface area contributed by atoms with E-state index in [1.165, 1.54) is 180 Å². The summed E-state index contributed by atoms with van der Waals surface area (Å²) in [5.74, 6) is -0.872. The summed E-state index contributed by atoms with van der Waals surface area (Å²) in [4.78, 5) is 37.6. The van der Waals surface area contributed by atoms with Crippen LogP contribution in [0.15, 0.2) is 12.2 Å². The average molecular weight is 819 g/mol. The van der Waals surface area contributed by atoms with Crippen molar-refractivity contribution in [3.8, 4) is 0 Å². The average Bonchev–Trinajstić information content (AvgIpc) is 3.22. The molecule has 342 valence electrons. The van der Waals surface area contributed by atoms with E-state index in [0.29, 0.717) is 19.3 Å². The summed E-state index contributed by atoms with van der Waals surface area (Å²) >= 11 is 0. The monoisotopic (exact) mass is 819 g/mol. The summed E-state index contributed by atoms with van der Waals surface area (Å²) in [6, 6.07) is 0. The largest absolute Gasteiger partial charge is 0.462 e. The van der Waals surface area contributed by atoms with E-state index in [1.807, 2.05) is 0 Å². The van der Waals surface area contributed by atoms with Gasteiger partial charge in [0.25, 0.3) is 0 Å². The molecule has 0 rings (SSSR count). The second-order valence-corrected chi connectivity index (χ2v) is 17.4. The first kappa shape index (κ1) is 56.1. The lowest BCUT2D eigenvalue weighted by Crippen LogP contribution is -2.30. The first-order valence-corrected chi connectivity index (χ1v) is 25.7. The number of carbonyl (C=O) groups is 3. The topological polar surface area (TPSA) is 78.9 Å². The van der Waals surface area contributed by atoms with Gasteiger partial charge in [-0.1, -0.05) is 232 Å². The molecule has 0 radical (unpaired) electrons. The van der Waals surface area contributed by atoms with Crippen LogP contribution in [0.3, 0.4) is 0 Å². The third-order valence-corrected chi connectivity index (χ3v) is 11.5. The number of ether oxygens (including phenoxy) is 3. The number of allylic oxidation sites excluding steroid dienone is 2. The van der Waals surface area contributed by atoms with E-state index in [-0.39, 0.29) is 31.1 Å². The highest BCUT2D eigenvalue weighted by molar-refractivity contribution is 5.71. The molecule has 0 heterocycles. The molecule has 0 aromatic rings. The number of hydrogen-bond acceptors (Lipinski definition) is 6. The Morgan fingerprint density at radius 1 is 0.328 bits per heavy atom. The fourth-order valence-corrected chi connectivity index (χ4v) is 7.61. The molecule has 1 unspecified atom stereocenters. The van der Waals surface area contributed by atoms with E-state index in [4.69, 9.17) is 14.2 Å². The maximum Gasteiger partial charge on any atom is 0.306 e. The third-order valence-electron chi connectivity index (χ3n) is 11.5. The van der Waals surface area contributed by atoms with E-state index in [9.17, 15) is 14.4 Å². The highest BCUT2D eigenvalue weighted by atomic mass is 16.6. The predicted octanol–water partition coefficient (Wildman–Crippen LogP) is 16.6. The molecule has 6 heteroatoms. The Labute approximate surface area is 360 Å². The Morgan fingerprint density at radius 2 is 0.569 bits per heavy atom. The van der Waals surface area contributed by atoms with Gasteiger partial charge in [-0.15, -0.1) is 0 Å². The van der Waals surface area contributed by atoms with Gasteiger partial charge in [0.05, 0.1) is 0 Å². The number of rotatable bonds is 47. The van der Waals surface area contributed by atoms with Gasteiger partial charge in [0.1, 0.15) is 13.2 Å². The van der Waals surface area contributed by atoms with Crippen LogP contribution in [0.25, 0.3) is 0 Å². The first-order chi connectivity index (χ1) is 28.5. The van der Waals surface area contributed by atoms with Crippen LogP contribution in [0.4, 0.5) is 0 Å². The zero-order chi connectivity index (χ0) is 42.3. The normalized spacial score (nSPS) is 12.0. The van der Waals surface area contributed by atoms with Gasteiger partial charge in [-0.2, -0.15) is 0 Å². The van der Waals surface area contributed by atoms with Gasteiger partial charge in [-0.05, 0) is 44.9 Å². The molecular weight excluding hydrogens is 721 g/mol. The van der Waals surface area contributed by atoms with Crippen LogP contribution >= 0.6 is 0 Å². The van der Waals surface area contributed by atoms with Crippen molar-refractivity contribution in [1.29, 1.82) is 0 Å². The molecule has 1 atom stereocenters. The maximum absolute atomic E-state index is 12.7. The van der Waals surface area contributed by atoms with E-state index in [1.54, 1.807) is 0 Å². The van der Waals surface area contributed by atoms with Gasteiger partial charge in [-0.25, -0.2) is 0 Å². The first-order valence-electron chi connectivity index (χ1n) is 25.7. The molecule has 0 N–H and O–H groups in total. The van der Waals surface area contributed by atoms with Crippen molar-refractivity contribution in [2.24, 2.45) is 0 Å². The van der Waals surface area contributed by atoms with Gasteiger partial charge in [-0.3, -0.25) is 14.4 Å². The summed E-state index contributed by atoms with van der Waals surface area (Å²) in [7, 11) is 0. The molecular formula is C52H98O6. The molecule has 58 heavy (non-hydrogen) atoms. The third kappa shape index (κ3) is 45.2. The predicted molar refractivity (Wildman–Crippen MR) is 247 cm³/mol. The number of unbranched alkanes of at least 4 members (excludes halogenated alkanes) is 34. The lowest BCUT2D eigenvalue weighted by atomic mass is 10.0. The molecule has 0 aromatic carbocycles. The Kier molecular flexibility index (Phi) is 46.3. The second kappa shape index (κ2) is 47.8. The maximum atomic E-state index is 12.7. The fraction of sp³-hybridized carbons (Fsp3) is 0.904. The van der Waals surface area contributed by atoms with Gasteiger partial charge < -0.3 is 14.2 Å². The molecule has 0 saturated heterocycles. The molecule has 0 amide bonds. The molecule has 0 aliphatic heterocycles. The number of carbonyl (C=O) groups excluding carboxylic acids is 3. The number of esters is 3. The fourth-order valence-electron chi connectivity index (χ4n) is 7.61. The van der Waals surface area contributed by atoms with Crippen molar-refractivity contribution >= 4 is 17.9 Å². The standard InChI is InChI=1S/C52H98O6/c1-4-7-10-13-15-17-19-21-23-25-27-28-30-32-34-36-39-42-45-51(54)57-48-49(47-56-50(53)44-41-38-12-9-6-3)58-52(55)46-43-40-37-35-33-31-29-26-24-22-20-18-16-14-11-8-5-2/h22,24,49H,4-21,23,25-48H2,1-3H3/b24-22-. The minimum Gasteiger partial charge on any atom is -0.462 e. The minimum atomic E-state index is -0.763. The van der Waals surface area contributed by atoms with Gasteiger partial charge in [0.15, 0.2) is 6.10 Å². The summed E-state index contributed by atoms with van der Waals surface area (Å²) < 4.78 is 16.7. The minimum absolute atomic E-state index is 0.0678. The van der Waals surface area contributed by atoms with E-state index in [0.717, 1.165) is 64.2 Å². The van der Waals surface area contributed by atoms with Crippen LogP contribution < -0.4 is 0 Å². The zero-order valence-corrected chi connectivity index (χ0v) is 39.1. The molecule has 0 saturated carbocycles. The lowest BCUT2D eigenvalue weighted by Gasteiger charge is -2.18. The van der Waals surface area contributed by atoms with E-state index >= 15 is 0 Å². The Bertz CT molecular complexity index is 900. The van der Waals surface area contributed by atoms with Crippen LogP contribution in [-0.4, -0.2) is 37.2 Å². The van der Waals surface area contributed by atoms with Crippen LogP contribution in [0.1, 0.15) is 284 Å². The molecule has 0 aliphatic carbocycles. The SMILES string of the molecule is CCCCCCCC/C=C\CCCCCCCCCC(=O)OC(COC(=O)CCCCCCC)COC(=O)CCCCCCCCCCCCCCCCCCCC. The van der Waals surface area contributed by atoms with Gasteiger partial charge in [0.2, 0.25) is 0 Å². The van der Waals surface area contributed by atoms with Crippen LogP contribution in [0.5, 0.6) is 0 Å². The number of hydrogen-bond donors (Lipinski definition) is 0. The van der Waals surface area contributed by atoms with E-state index in [2.05, 4.69) is 32.9 Å². The van der Waals surface area contributed by atoms with E-state index < -0.39 is 6.10 Å². The van der Waals surface area contributed by atoms with Crippen molar-refractivity contribution in [1.82, 2.24) is 0 Å². The van der Waals surface area contributed by atoms with Gasteiger partial charge >= 0.3 is 17.9 Å². The van der Waals surface area contributed by atoms with Crippen molar-refractivity contribution in [2.45, 2.75) is 290 Å². The molecule has 0 aliphatic rings. The van der Waals surface area contributed by atoms with Crippen LogP contribution in [-0.2, 0) is 28.6 Å². The zero-order valence-electron chi connectivity index (χ0n) is 39.1. The highest BCUT2D eigenvalue weighted by Crippen LogP contribution is 2.16. The summed E-state index contributed by atoms with van der Waals surface area (Å²) in [6.45, 7) is 6.58. The molecule has 0 bridgehead atoms. The second-order valence-electron chi connectivity index (χ2n) is 17.4. The van der Waals surface area contributed by atoms with Crippen LogP contribution in [0.2, 0.25) is 0 Å². The van der Waals surface area contributed by atoms with Crippen molar-refractivity contribution in [3.05, 3.63) is 12.2 Å². The Hall–Kier alpha value is -1.85. The van der Waals surface area contributed by atoms with Crippen LogP contribution in [0, 0.1) is 0 Å². The summed E-state index contributed by atoms with van der Waals surface area (Å²) in [5, 5.41) is 0. The quantitative estimate of drug-likeness (QED) is 0.0263. The van der Waals surface area contributed by atoms with Crippen molar-refractivity contribution in [2.75, 3.05) is 13.2 Å². The Morgan fingerprint density at radius 3 is 0.862 bits per heavy atom. The summed E-state index contributed by atoms with van der Waals surface area (Å²) in [5.41, 5.74) is 0. The van der Waals surface area contributed by atoms with Gasteiger partial charge in [0, 0.05) is 19.3 Å². The Balaban J connectivity index is 4.12. The van der Waals surface area contributed by atoms with Crippen molar-refractivity contribution in [3.63, 3.8) is 0 Å². The smallest absolute Gasteiger partial charge is 0.306 e. The lowest BCUT2D eigenvalue weighted by molar-refractivity contribution is -0.167. The van der Waals surface area contributed by atoms with Crippen molar-refractivity contribution < 1.29 is 28.6 Å². The summed E-state index contributed by atoms with van der Waals surface area (Å²) in [6.07, 6.45) is 52.3. The molecule has 6 nitrogen and oxygen atoms in total. The highest BCUT2D eigenvalue weighted by Gasteiger charge is 2.19. The molecule has 0 aromatic heterocycles. The molecule has 0 spiro atoms.